The number of hydrogen-bond donors (Lipinski definition) is 0. The van der Waals surface area contributed by atoms with Crippen LogP contribution in [0.25, 0.3) is 0 Å². The maximum atomic E-state index is 12.3. The second-order valence-corrected chi connectivity index (χ2v) is 6.35. The first-order valence-electron chi connectivity index (χ1n) is 7.01. The van der Waals surface area contributed by atoms with Gasteiger partial charge in [0.2, 0.25) is 0 Å². The zero-order valence-electron chi connectivity index (χ0n) is 11.2. The van der Waals surface area contributed by atoms with Crippen molar-refractivity contribution < 1.29 is 4.79 Å². The van der Waals surface area contributed by atoms with Crippen molar-refractivity contribution in [3.05, 3.63) is 29.0 Å². The van der Waals surface area contributed by atoms with Crippen LogP contribution in [0.15, 0.2) is 18.2 Å². The molecular weight excluding hydrogens is 260 g/mol. The molecule has 2 saturated carbocycles. The highest BCUT2D eigenvalue weighted by Crippen LogP contribution is 2.48. The van der Waals surface area contributed by atoms with E-state index in [-0.39, 0.29) is 5.91 Å². The molecule has 1 aromatic heterocycles. The van der Waals surface area contributed by atoms with E-state index in [2.05, 4.69) is 4.98 Å². The minimum Gasteiger partial charge on any atom is -0.340 e. The van der Waals surface area contributed by atoms with Gasteiger partial charge < -0.3 is 4.90 Å². The third kappa shape index (κ3) is 2.62. The summed E-state index contributed by atoms with van der Waals surface area (Å²) in [5, 5.41) is 0.374. The highest BCUT2D eigenvalue weighted by molar-refractivity contribution is 6.29. The van der Waals surface area contributed by atoms with E-state index in [4.69, 9.17) is 11.6 Å². The molecule has 2 aliphatic carbocycles. The molecule has 2 bridgehead atoms. The first kappa shape index (κ1) is 12.9. The van der Waals surface area contributed by atoms with Crippen LogP contribution < -0.4 is 0 Å². The molecule has 0 N–H and O–H groups in total. The molecule has 1 heterocycles. The topological polar surface area (TPSA) is 33.2 Å². The molecule has 102 valence electrons. The predicted molar refractivity (Wildman–Crippen MR) is 75.1 cm³/mol. The van der Waals surface area contributed by atoms with Crippen LogP contribution in [0.3, 0.4) is 0 Å². The molecule has 2 aliphatic rings. The number of fused-ring (bicyclic) bond motifs is 2. The number of nitrogens with zero attached hydrogens (tertiary/aromatic N) is 2. The van der Waals surface area contributed by atoms with E-state index in [9.17, 15) is 4.79 Å². The molecular formula is C15H19ClN2O. The summed E-state index contributed by atoms with van der Waals surface area (Å²) in [6, 6.07) is 5.19. The van der Waals surface area contributed by atoms with Crippen LogP contribution in [0.5, 0.6) is 0 Å². The molecule has 3 rings (SSSR count). The van der Waals surface area contributed by atoms with Gasteiger partial charge in [0.15, 0.2) is 0 Å². The number of aromatic nitrogens is 1. The average Bonchev–Trinajstić information content (AvgIpc) is 3.00. The summed E-state index contributed by atoms with van der Waals surface area (Å²) in [7, 11) is 1.87. The number of rotatable bonds is 3. The van der Waals surface area contributed by atoms with Gasteiger partial charge in [0.25, 0.3) is 5.91 Å². The lowest BCUT2D eigenvalue weighted by Gasteiger charge is -2.27. The Labute approximate surface area is 119 Å². The van der Waals surface area contributed by atoms with Crippen molar-refractivity contribution >= 4 is 17.5 Å². The molecule has 1 aromatic rings. The second-order valence-electron chi connectivity index (χ2n) is 5.97. The zero-order valence-corrected chi connectivity index (χ0v) is 11.9. The van der Waals surface area contributed by atoms with Gasteiger partial charge in [-0.25, -0.2) is 4.98 Å². The highest BCUT2D eigenvalue weighted by Gasteiger charge is 2.40. The summed E-state index contributed by atoms with van der Waals surface area (Å²) in [5.74, 6) is 2.42. The summed E-state index contributed by atoms with van der Waals surface area (Å²) >= 11 is 5.83. The summed E-state index contributed by atoms with van der Waals surface area (Å²) < 4.78 is 0. The monoisotopic (exact) mass is 278 g/mol. The average molecular weight is 279 g/mol. The van der Waals surface area contributed by atoms with Gasteiger partial charge in [0.05, 0.1) is 0 Å². The quantitative estimate of drug-likeness (QED) is 0.795. The maximum Gasteiger partial charge on any atom is 0.272 e. The molecule has 0 saturated heterocycles. The van der Waals surface area contributed by atoms with Gasteiger partial charge >= 0.3 is 0 Å². The molecule has 1 amide bonds. The van der Waals surface area contributed by atoms with Crippen LogP contribution in [0.1, 0.15) is 36.2 Å². The third-order valence-corrected chi connectivity index (χ3v) is 4.88. The summed E-state index contributed by atoms with van der Waals surface area (Å²) in [5.41, 5.74) is 0.443. The Morgan fingerprint density at radius 1 is 1.42 bits per heavy atom. The van der Waals surface area contributed by atoms with Gasteiger partial charge in [0.1, 0.15) is 10.8 Å². The van der Waals surface area contributed by atoms with E-state index >= 15 is 0 Å². The van der Waals surface area contributed by atoms with E-state index in [1.807, 2.05) is 11.9 Å². The summed E-state index contributed by atoms with van der Waals surface area (Å²) in [6.07, 6.45) is 5.43. The Hall–Kier alpha value is -1.09. The third-order valence-electron chi connectivity index (χ3n) is 4.67. The number of carbonyl (C=O) groups excluding carboxylic acids is 1. The molecule has 19 heavy (non-hydrogen) atoms. The minimum atomic E-state index is -0.0229. The molecule has 3 nitrogen and oxygen atoms in total. The van der Waals surface area contributed by atoms with Gasteiger partial charge in [-0.2, -0.15) is 0 Å². The number of amides is 1. The van der Waals surface area contributed by atoms with Gasteiger partial charge in [-0.1, -0.05) is 24.1 Å². The number of halogens is 1. The smallest absolute Gasteiger partial charge is 0.272 e. The fraction of sp³-hybridized carbons (Fsp3) is 0.600. The van der Waals surface area contributed by atoms with Crippen molar-refractivity contribution in [3.8, 4) is 0 Å². The van der Waals surface area contributed by atoms with Crippen LogP contribution >= 0.6 is 11.6 Å². The van der Waals surface area contributed by atoms with Crippen molar-refractivity contribution in [3.63, 3.8) is 0 Å². The zero-order chi connectivity index (χ0) is 13.4. The molecule has 4 heteroatoms. The van der Waals surface area contributed by atoms with Gasteiger partial charge in [-0.05, 0) is 49.1 Å². The number of pyridine rings is 1. The number of carbonyl (C=O) groups is 1. The lowest BCUT2D eigenvalue weighted by atomic mass is 9.88. The van der Waals surface area contributed by atoms with E-state index in [0.717, 1.165) is 18.4 Å². The molecule has 0 spiro atoms. The molecule has 0 aliphatic heterocycles. The fourth-order valence-corrected chi connectivity index (χ4v) is 3.92. The van der Waals surface area contributed by atoms with Crippen LogP contribution in [-0.2, 0) is 0 Å². The van der Waals surface area contributed by atoms with Crippen molar-refractivity contribution in [1.29, 1.82) is 0 Å². The van der Waals surface area contributed by atoms with Crippen molar-refractivity contribution in [2.24, 2.45) is 17.8 Å². The second kappa shape index (κ2) is 5.12. The van der Waals surface area contributed by atoms with Gasteiger partial charge in [-0.3, -0.25) is 4.79 Å². The van der Waals surface area contributed by atoms with E-state index in [0.29, 0.717) is 16.8 Å². The Kier molecular flexibility index (Phi) is 3.48. The summed E-state index contributed by atoms with van der Waals surface area (Å²) in [6.45, 7) is 0.855. The minimum absolute atomic E-state index is 0.0229. The largest absolute Gasteiger partial charge is 0.340 e. The van der Waals surface area contributed by atoms with E-state index in [1.54, 1.807) is 18.2 Å². The SMILES string of the molecule is CN(CC1CC2CCC1C2)C(=O)c1cccc(Cl)n1. The van der Waals surface area contributed by atoms with E-state index < -0.39 is 0 Å². The first-order valence-corrected chi connectivity index (χ1v) is 7.39. The van der Waals surface area contributed by atoms with Gasteiger partial charge in [0, 0.05) is 13.6 Å². The van der Waals surface area contributed by atoms with Crippen LogP contribution in [0.2, 0.25) is 5.15 Å². The van der Waals surface area contributed by atoms with E-state index in [1.165, 1.54) is 25.7 Å². The Bertz CT molecular complexity index is 491. The van der Waals surface area contributed by atoms with Crippen molar-refractivity contribution in [2.45, 2.75) is 25.7 Å². The predicted octanol–water partition coefficient (Wildman–Crippen LogP) is 3.24. The first-order chi connectivity index (χ1) is 9.13. The normalized spacial score (nSPS) is 28.6. The van der Waals surface area contributed by atoms with Crippen molar-refractivity contribution in [2.75, 3.05) is 13.6 Å². The standard InChI is InChI=1S/C15H19ClN2O/c1-18(9-12-8-10-5-6-11(12)7-10)15(19)13-3-2-4-14(16)17-13/h2-4,10-12H,5-9H2,1H3. The Balaban J connectivity index is 1.64. The van der Waals surface area contributed by atoms with Crippen LogP contribution in [-0.4, -0.2) is 29.4 Å². The molecule has 3 unspecified atom stereocenters. The van der Waals surface area contributed by atoms with Gasteiger partial charge in [-0.15, -0.1) is 0 Å². The lowest BCUT2D eigenvalue weighted by molar-refractivity contribution is 0.0748. The van der Waals surface area contributed by atoms with Crippen LogP contribution in [0, 0.1) is 17.8 Å². The maximum absolute atomic E-state index is 12.3. The Morgan fingerprint density at radius 3 is 2.89 bits per heavy atom. The lowest BCUT2D eigenvalue weighted by Crippen LogP contribution is -2.34. The molecule has 3 atom stereocenters. The summed E-state index contributed by atoms with van der Waals surface area (Å²) in [4.78, 5) is 18.2. The molecule has 0 aromatic carbocycles. The molecule has 0 radical (unpaired) electrons. The van der Waals surface area contributed by atoms with Crippen molar-refractivity contribution in [1.82, 2.24) is 9.88 Å². The highest BCUT2D eigenvalue weighted by atomic mass is 35.5. The Morgan fingerprint density at radius 2 is 2.26 bits per heavy atom. The molecule has 2 fully saturated rings. The van der Waals surface area contributed by atoms with Crippen LogP contribution in [0.4, 0.5) is 0 Å². The number of hydrogen-bond acceptors (Lipinski definition) is 2. The fourth-order valence-electron chi connectivity index (χ4n) is 3.76.